The number of benzene rings is 3. The highest BCUT2D eigenvalue weighted by molar-refractivity contribution is 5.79. The second-order valence-corrected chi connectivity index (χ2v) is 6.04. The summed E-state index contributed by atoms with van der Waals surface area (Å²) in [7, 11) is 0. The van der Waals surface area contributed by atoms with Crippen molar-refractivity contribution in [3.05, 3.63) is 99.9 Å². The molecule has 1 N–H and O–H groups in total. The van der Waals surface area contributed by atoms with Crippen LogP contribution < -0.4 is 10.1 Å². The third-order valence-corrected chi connectivity index (χ3v) is 4.00. The fourth-order valence-electron chi connectivity index (χ4n) is 2.59. The zero-order valence-electron chi connectivity index (χ0n) is 14.8. The first-order valence-electron chi connectivity index (χ1n) is 8.52. The van der Waals surface area contributed by atoms with Gasteiger partial charge in [0.1, 0.15) is 17.3 Å². The summed E-state index contributed by atoms with van der Waals surface area (Å²) >= 11 is 0. The van der Waals surface area contributed by atoms with E-state index in [4.69, 9.17) is 4.74 Å². The second-order valence-electron chi connectivity index (χ2n) is 6.04. The Bertz CT molecular complexity index is 972. The van der Waals surface area contributed by atoms with Crippen molar-refractivity contribution in [2.75, 3.05) is 0 Å². The van der Waals surface area contributed by atoms with Gasteiger partial charge in [0.25, 0.3) is 5.69 Å². The Kier molecular flexibility index (Phi) is 5.96. The molecule has 3 aromatic rings. The molecule has 3 rings (SSSR count). The number of rotatable bonds is 7. The Hall–Kier alpha value is -3.74. The molecule has 1 amide bonds. The maximum Gasteiger partial charge on any atom is 0.273 e. The SMILES string of the molecule is O=C(Cc1ccccc1[N+](=O)[O-])NCc1ccc(Oc2ccc(F)cc2)cc1. The summed E-state index contributed by atoms with van der Waals surface area (Å²) in [5.41, 5.74) is 1.15. The van der Waals surface area contributed by atoms with Crippen molar-refractivity contribution < 1.29 is 18.8 Å². The third-order valence-electron chi connectivity index (χ3n) is 4.00. The zero-order chi connectivity index (χ0) is 19.9. The molecular formula is C21H17FN2O4. The highest BCUT2D eigenvalue weighted by Crippen LogP contribution is 2.22. The predicted octanol–water partition coefficient (Wildman–Crippen LogP) is 4.39. The molecule has 0 bridgehead atoms. The Morgan fingerprint density at radius 1 is 0.964 bits per heavy atom. The first-order chi connectivity index (χ1) is 13.5. The number of amides is 1. The van der Waals surface area contributed by atoms with Gasteiger partial charge in [-0.15, -0.1) is 0 Å². The second kappa shape index (κ2) is 8.77. The number of hydrogen-bond acceptors (Lipinski definition) is 4. The van der Waals surface area contributed by atoms with E-state index in [0.717, 1.165) is 5.56 Å². The van der Waals surface area contributed by atoms with Gasteiger partial charge in [-0.1, -0.05) is 30.3 Å². The van der Waals surface area contributed by atoms with Crippen molar-refractivity contribution in [2.24, 2.45) is 0 Å². The molecule has 0 aliphatic rings. The summed E-state index contributed by atoms with van der Waals surface area (Å²) in [5, 5.41) is 13.8. The van der Waals surface area contributed by atoms with Crippen LogP contribution in [0.1, 0.15) is 11.1 Å². The number of carbonyl (C=O) groups is 1. The van der Waals surface area contributed by atoms with Gasteiger partial charge < -0.3 is 10.1 Å². The number of nitrogens with one attached hydrogen (secondary N) is 1. The summed E-state index contributed by atoms with van der Waals surface area (Å²) < 4.78 is 18.5. The minimum Gasteiger partial charge on any atom is -0.457 e. The van der Waals surface area contributed by atoms with E-state index < -0.39 is 4.92 Å². The lowest BCUT2D eigenvalue weighted by atomic mass is 10.1. The third kappa shape index (κ3) is 5.14. The van der Waals surface area contributed by atoms with Crippen molar-refractivity contribution in [1.29, 1.82) is 0 Å². The average molecular weight is 380 g/mol. The van der Waals surface area contributed by atoms with Crippen LogP contribution in [0.2, 0.25) is 0 Å². The number of nitro groups is 1. The maximum absolute atomic E-state index is 12.9. The maximum atomic E-state index is 12.9. The van der Waals surface area contributed by atoms with Gasteiger partial charge in [-0.25, -0.2) is 4.39 Å². The molecule has 0 atom stereocenters. The Morgan fingerprint density at radius 3 is 2.21 bits per heavy atom. The van der Waals surface area contributed by atoms with E-state index in [9.17, 15) is 19.3 Å². The normalized spacial score (nSPS) is 10.3. The van der Waals surface area contributed by atoms with E-state index in [1.54, 1.807) is 42.5 Å². The minimum atomic E-state index is -0.498. The molecule has 7 heteroatoms. The number of nitrogens with zero attached hydrogens (tertiary/aromatic N) is 1. The standard InChI is InChI=1S/C21H17FN2O4/c22-17-7-11-19(12-8-17)28-18-9-5-15(6-10-18)14-23-21(25)13-16-3-1-2-4-20(16)24(26)27/h1-12H,13-14H2,(H,23,25). The Balaban J connectivity index is 1.54. The first-order valence-corrected chi connectivity index (χ1v) is 8.52. The van der Waals surface area contributed by atoms with Crippen LogP contribution in [0.4, 0.5) is 10.1 Å². The van der Waals surface area contributed by atoms with Gasteiger partial charge in [0.2, 0.25) is 5.91 Å². The molecule has 0 heterocycles. The molecule has 0 spiro atoms. The van der Waals surface area contributed by atoms with Gasteiger partial charge in [0.15, 0.2) is 0 Å². The largest absolute Gasteiger partial charge is 0.457 e. The monoisotopic (exact) mass is 380 g/mol. The molecule has 0 fully saturated rings. The first kappa shape index (κ1) is 19.0. The van der Waals surface area contributed by atoms with Crippen molar-refractivity contribution in [2.45, 2.75) is 13.0 Å². The summed E-state index contributed by atoms with van der Waals surface area (Å²) in [6.07, 6.45) is -0.0666. The number of nitro benzene ring substituents is 1. The molecule has 28 heavy (non-hydrogen) atoms. The van der Waals surface area contributed by atoms with Crippen LogP contribution in [0.25, 0.3) is 0 Å². The molecule has 0 radical (unpaired) electrons. The molecule has 3 aromatic carbocycles. The van der Waals surface area contributed by atoms with Crippen molar-refractivity contribution >= 4 is 11.6 Å². The van der Waals surface area contributed by atoms with Gasteiger partial charge in [-0.3, -0.25) is 14.9 Å². The lowest BCUT2D eigenvalue weighted by Gasteiger charge is -2.08. The number of halogens is 1. The molecule has 0 aliphatic carbocycles. The molecule has 0 saturated carbocycles. The van der Waals surface area contributed by atoms with Gasteiger partial charge >= 0.3 is 0 Å². The van der Waals surface area contributed by atoms with E-state index in [2.05, 4.69) is 5.32 Å². The van der Waals surface area contributed by atoms with Crippen molar-refractivity contribution in [3.8, 4) is 11.5 Å². The van der Waals surface area contributed by atoms with E-state index in [-0.39, 0.29) is 30.4 Å². The van der Waals surface area contributed by atoms with Crippen molar-refractivity contribution in [1.82, 2.24) is 5.32 Å². The highest BCUT2D eigenvalue weighted by atomic mass is 19.1. The Morgan fingerprint density at radius 2 is 1.57 bits per heavy atom. The van der Waals surface area contributed by atoms with Gasteiger partial charge in [-0.05, 0) is 42.0 Å². The minimum absolute atomic E-state index is 0.0666. The fourth-order valence-corrected chi connectivity index (χ4v) is 2.59. The molecular weight excluding hydrogens is 363 g/mol. The van der Waals surface area contributed by atoms with E-state index >= 15 is 0 Å². The Labute approximate surface area is 160 Å². The number of ether oxygens (including phenoxy) is 1. The lowest BCUT2D eigenvalue weighted by Crippen LogP contribution is -2.24. The van der Waals surface area contributed by atoms with Gasteiger partial charge in [0.05, 0.1) is 11.3 Å². The topological polar surface area (TPSA) is 81.5 Å². The molecule has 142 valence electrons. The molecule has 0 aliphatic heterocycles. The van der Waals surface area contributed by atoms with Crippen LogP contribution in [-0.2, 0) is 17.8 Å². The predicted molar refractivity (Wildman–Crippen MR) is 102 cm³/mol. The average Bonchev–Trinajstić information content (AvgIpc) is 2.69. The molecule has 0 unspecified atom stereocenters. The van der Waals surface area contributed by atoms with Crippen LogP contribution in [-0.4, -0.2) is 10.8 Å². The van der Waals surface area contributed by atoms with Gasteiger partial charge in [-0.2, -0.15) is 0 Å². The molecule has 0 saturated heterocycles. The summed E-state index contributed by atoms with van der Waals surface area (Å²) in [5.74, 6) is 0.466. The number of carbonyl (C=O) groups excluding carboxylic acids is 1. The lowest BCUT2D eigenvalue weighted by molar-refractivity contribution is -0.385. The summed E-state index contributed by atoms with van der Waals surface area (Å²) in [6, 6.07) is 18.9. The van der Waals surface area contributed by atoms with Gasteiger partial charge in [0, 0.05) is 18.2 Å². The number of para-hydroxylation sites is 1. The van der Waals surface area contributed by atoms with Crippen LogP contribution in [0.15, 0.2) is 72.8 Å². The fraction of sp³-hybridized carbons (Fsp3) is 0.0952. The van der Waals surface area contributed by atoms with E-state index in [1.807, 2.05) is 0 Å². The van der Waals surface area contributed by atoms with Crippen LogP contribution in [0, 0.1) is 15.9 Å². The number of hydrogen-bond donors (Lipinski definition) is 1. The summed E-state index contributed by atoms with van der Waals surface area (Å²) in [6.45, 7) is 0.288. The van der Waals surface area contributed by atoms with Crippen LogP contribution in [0.3, 0.4) is 0 Å². The zero-order valence-corrected chi connectivity index (χ0v) is 14.8. The quantitative estimate of drug-likeness (QED) is 0.487. The summed E-state index contributed by atoms with van der Waals surface area (Å²) in [4.78, 5) is 22.6. The molecule has 0 aromatic heterocycles. The smallest absolute Gasteiger partial charge is 0.273 e. The van der Waals surface area contributed by atoms with Crippen molar-refractivity contribution in [3.63, 3.8) is 0 Å². The van der Waals surface area contributed by atoms with Crippen LogP contribution in [0.5, 0.6) is 11.5 Å². The van der Waals surface area contributed by atoms with E-state index in [1.165, 1.54) is 30.3 Å². The van der Waals surface area contributed by atoms with E-state index in [0.29, 0.717) is 17.1 Å². The van der Waals surface area contributed by atoms with Crippen LogP contribution >= 0.6 is 0 Å². The molecule has 6 nitrogen and oxygen atoms in total. The highest BCUT2D eigenvalue weighted by Gasteiger charge is 2.15.